The van der Waals surface area contributed by atoms with Crippen LogP contribution >= 0.6 is 0 Å². The molecule has 1 aromatic heterocycles. The number of hydrogen-bond donors (Lipinski definition) is 3. The minimum atomic E-state index is -0.848. The molecular weight excluding hydrogens is 170 g/mol. The van der Waals surface area contributed by atoms with Crippen LogP contribution in [0.15, 0.2) is 0 Å². The minimum Gasteiger partial charge on any atom is -0.480 e. The van der Waals surface area contributed by atoms with Gasteiger partial charge in [0.1, 0.15) is 0 Å². The summed E-state index contributed by atoms with van der Waals surface area (Å²) in [5.74, 6) is -0.848. The van der Waals surface area contributed by atoms with E-state index in [-0.39, 0.29) is 6.54 Å². The van der Waals surface area contributed by atoms with Gasteiger partial charge in [-0.05, 0) is 13.8 Å². The van der Waals surface area contributed by atoms with Crippen LogP contribution in [0, 0.1) is 13.8 Å². The number of aryl methyl sites for hydroxylation is 2. The van der Waals surface area contributed by atoms with Crippen molar-refractivity contribution in [1.82, 2.24) is 15.5 Å². The van der Waals surface area contributed by atoms with Crippen LogP contribution in [0.3, 0.4) is 0 Å². The van der Waals surface area contributed by atoms with E-state index >= 15 is 0 Å². The Morgan fingerprint density at radius 3 is 2.77 bits per heavy atom. The van der Waals surface area contributed by atoms with Crippen LogP contribution in [-0.4, -0.2) is 27.8 Å². The molecule has 3 N–H and O–H groups in total. The van der Waals surface area contributed by atoms with Crippen molar-refractivity contribution in [3.05, 3.63) is 17.0 Å². The molecule has 13 heavy (non-hydrogen) atoms. The predicted molar refractivity (Wildman–Crippen MR) is 47.4 cm³/mol. The van der Waals surface area contributed by atoms with Crippen LogP contribution < -0.4 is 5.32 Å². The Balaban J connectivity index is 2.49. The van der Waals surface area contributed by atoms with Gasteiger partial charge in [-0.1, -0.05) is 0 Å². The van der Waals surface area contributed by atoms with E-state index in [1.807, 2.05) is 13.8 Å². The van der Waals surface area contributed by atoms with Gasteiger partial charge in [-0.25, -0.2) is 0 Å². The van der Waals surface area contributed by atoms with Gasteiger partial charge in [-0.2, -0.15) is 5.10 Å². The molecule has 0 radical (unpaired) electrons. The van der Waals surface area contributed by atoms with Crippen LogP contribution in [0.25, 0.3) is 0 Å². The molecule has 5 heteroatoms. The number of nitrogens with one attached hydrogen (secondary N) is 2. The Bertz CT molecular complexity index is 287. The molecule has 0 saturated carbocycles. The van der Waals surface area contributed by atoms with Crippen molar-refractivity contribution < 1.29 is 9.90 Å². The summed E-state index contributed by atoms with van der Waals surface area (Å²) in [5.41, 5.74) is 2.94. The van der Waals surface area contributed by atoms with E-state index in [2.05, 4.69) is 15.5 Å². The summed E-state index contributed by atoms with van der Waals surface area (Å²) < 4.78 is 0. The second-order valence-electron chi connectivity index (χ2n) is 2.91. The smallest absolute Gasteiger partial charge is 0.317 e. The Labute approximate surface area is 76.2 Å². The van der Waals surface area contributed by atoms with Crippen molar-refractivity contribution in [2.24, 2.45) is 0 Å². The van der Waals surface area contributed by atoms with Gasteiger partial charge in [0.25, 0.3) is 0 Å². The summed E-state index contributed by atoms with van der Waals surface area (Å²) in [6, 6.07) is 0. The number of carboxylic acids is 1. The number of carbonyl (C=O) groups is 1. The zero-order chi connectivity index (χ0) is 9.84. The maximum Gasteiger partial charge on any atom is 0.317 e. The number of aliphatic carboxylic acids is 1. The van der Waals surface area contributed by atoms with E-state index in [0.717, 1.165) is 17.0 Å². The fourth-order valence-corrected chi connectivity index (χ4v) is 1.13. The van der Waals surface area contributed by atoms with Crippen LogP contribution in [0.5, 0.6) is 0 Å². The lowest BCUT2D eigenvalue weighted by Crippen LogP contribution is -2.22. The number of hydrogen-bond acceptors (Lipinski definition) is 3. The first-order valence-corrected chi connectivity index (χ1v) is 4.04. The van der Waals surface area contributed by atoms with Gasteiger partial charge in [-0.3, -0.25) is 9.89 Å². The molecule has 72 valence electrons. The number of aromatic amines is 1. The molecule has 1 heterocycles. The first kappa shape index (κ1) is 9.73. The summed E-state index contributed by atoms with van der Waals surface area (Å²) in [6.45, 7) is 4.32. The molecule has 5 nitrogen and oxygen atoms in total. The van der Waals surface area contributed by atoms with E-state index in [1.165, 1.54) is 0 Å². The predicted octanol–water partition coefficient (Wildman–Crippen LogP) is 0.201. The summed E-state index contributed by atoms with van der Waals surface area (Å²) in [5, 5.41) is 18.0. The minimum absolute atomic E-state index is 0.0238. The van der Waals surface area contributed by atoms with Crippen molar-refractivity contribution >= 4 is 5.97 Å². The molecule has 0 unspecified atom stereocenters. The monoisotopic (exact) mass is 183 g/mol. The number of rotatable bonds is 4. The molecule has 0 aliphatic heterocycles. The molecule has 0 saturated heterocycles. The lowest BCUT2D eigenvalue weighted by atomic mass is 10.2. The zero-order valence-electron chi connectivity index (χ0n) is 7.72. The van der Waals surface area contributed by atoms with Crippen LogP contribution in [-0.2, 0) is 11.3 Å². The number of nitrogens with zero attached hydrogens (tertiary/aromatic N) is 1. The first-order chi connectivity index (χ1) is 6.11. The SMILES string of the molecule is Cc1n[nH]c(C)c1CNCC(=O)O. The Hall–Kier alpha value is -1.36. The highest BCUT2D eigenvalue weighted by atomic mass is 16.4. The van der Waals surface area contributed by atoms with Gasteiger partial charge in [0.05, 0.1) is 12.2 Å². The van der Waals surface area contributed by atoms with Crippen molar-refractivity contribution in [2.75, 3.05) is 6.54 Å². The lowest BCUT2D eigenvalue weighted by molar-refractivity contribution is -0.135. The largest absolute Gasteiger partial charge is 0.480 e. The highest BCUT2D eigenvalue weighted by Crippen LogP contribution is 2.07. The van der Waals surface area contributed by atoms with Gasteiger partial charge in [0, 0.05) is 17.8 Å². The van der Waals surface area contributed by atoms with E-state index < -0.39 is 5.97 Å². The Morgan fingerprint density at radius 1 is 1.62 bits per heavy atom. The average Bonchev–Trinajstić information content (AvgIpc) is 2.34. The highest BCUT2D eigenvalue weighted by Gasteiger charge is 2.05. The van der Waals surface area contributed by atoms with Gasteiger partial charge in [-0.15, -0.1) is 0 Å². The Kier molecular flexibility index (Phi) is 3.02. The summed E-state index contributed by atoms with van der Waals surface area (Å²) in [6.07, 6.45) is 0. The van der Waals surface area contributed by atoms with Crippen molar-refractivity contribution in [2.45, 2.75) is 20.4 Å². The van der Waals surface area contributed by atoms with E-state index in [0.29, 0.717) is 6.54 Å². The van der Waals surface area contributed by atoms with Crippen molar-refractivity contribution in [3.8, 4) is 0 Å². The fourth-order valence-electron chi connectivity index (χ4n) is 1.13. The molecule has 0 bridgehead atoms. The van der Waals surface area contributed by atoms with Crippen LogP contribution in [0.4, 0.5) is 0 Å². The first-order valence-electron chi connectivity index (χ1n) is 4.04. The molecular formula is C8H13N3O2. The molecule has 0 spiro atoms. The van der Waals surface area contributed by atoms with Gasteiger partial charge in [0.15, 0.2) is 0 Å². The number of H-pyrrole nitrogens is 1. The van der Waals surface area contributed by atoms with Gasteiger partial charge in [0.2, 0.25) is 0 Å². The second-order valence-corrected chi connectivity index (χ2v) is 2.91. The summed E-state index contributed by atoms with van der Waals surface area (Å²) in [7, 11) is 0. The Morgan fingerprint density at radius 2 is 2.31 bits per heavy atom. The third kappa shape index (κ3) is 2.55. The van der Waals surface area contributed by atoms with Crippen LogP contribution in [0.2, 0.25) is 0 Å². The average molecular weight is 183 g/mol. The third-order valence-electron chi connectivity index (χ3n) is 1.86. The third-order valence-corrected chi connectivity index (χ3v) is 1.86. The molecule has 1 rings (SSSR count). The van der Waals surface area contributed by atoms with E-state index in [4.69, 9.17) is 5.11 Å². The molecule has 0 aliphatic carbocycles. The van der Waals surface area contributed by atoms with Gasteiger partial charge >= 0.3 is 5.97 Å². The number of aromatic nitrogens is 2. The molecule has 0 fully saturated rings. The normalized spacial score (nSPS) is 10.3. The van der Waals surface area contributed by atoms with Crippen molar-refractivity contribution in [3.63, 3.8) is 0 Å². The molecule has 0 amide bonds. The van der Waals surface area contributed by atoms with Crippen LogP contribution in [0.1, 0.15) is 17.0 Å². The summed E-state index contributed by atoms with van der Waals surface area (Å²) >= 11 is 0. The summed E-state index contributed by atoms with van der Waals surface area (Å²) in [4.78, 5) is 10.2. The molecule has 1 aromatic rings. The number of carboxylic acid groups (broad SMARTS) is 1. The van der Waals surface area contributed by atoms with E-state index in [9.17, 15) is 4.79 Å². The second kappa shape index (κ2) is 4.04. The molecule has 0 aliphatic rings. The molecule has 0 aromatic carbocycles. The zero-order valence-corrected chi connectivity index (χ0v) is 7.72. The quantitative estimate of drug-likeness (QED) is 0.623. The molecule has 0 atom stereocenters. The highest BCUT2D eigenvalue weighted by molar-refractivity contribution is 5.69. The van der Waals surface area contributed by atoms with Gasteiger partial charge < -0.3 is 10.4 Å². The lowest BCUT2D eigenvalue weighted by Gasteiger charge is -2.01. The standard InChI is InChI=1S/C8H13N3O2/c1-5-7(6(2)11-10-5)3-9-4-8(12)13/h9H,3-4H2,1-2H3,(H,10,11)(H,12,13). The topological polar surface area (TPSA) is 78.0 Å². The maximum atomic E-state index is 10.2. The maximum absolute atomic E-state index is 10.2. The fraction of sp³-hybridized carbons (Fsp3) is 0.500. The van der Waals surface area contributed by atoms with E-state index in [1.54, 1.807) is 0 Å². The van der Waals surface area contributed by atoms with Crippen molar-refractivity contribution in [1.29, 1.82) is 0 Å².